The first-order valence-electron chi connectivity index (χ1n) is 10.5. The largest absolute Gasteiger partial charge is 0.487 e. The highest BCUT2D eigenvalue weighted by Gasteiger charge is 2.44. The van der Waals surface area contributed by atoms with Crippen LogP contribution in [0.2, 0.25) is 0 Å². The van der Waals surface area contributed by atoms with Crippen LogP contribution >= 0.6 is 0 Å². The van der Waals surface area contributed by atoms with Crippen LogP contribution in [-0.4, -0.2) is 42.1 Å². The molecule has 5 rings (SSSR count). The summed E-state index contributed by atoms with van der Waals surface area (Å²) in [6, 6.07) is 8.82. The number of nitrogens with one attached hydrogen (secondary N) is 1. The van der Waals surface area contributed by atoms with Crippen molar-refractivity contribution in [2.24, 2.45) is 5.92 Å². The highest BCUT2D eigenvalue weighted by atomic mass is 16.5. The standard InChI is InChI=1S/C22H30N2O2/c25-21(23-18-7-8-18)13-17-14-22(26-20-4-2-1-3-19(17)20)9-11-24(12-10-22)15-16-5-6-16/h1-4,16-18H,5-15H2,(H,23,25)/t17-/m0/s1. The Labute approximate surface area is 156 Å². The molecule has 1 saturated heterocycles. The molecule has 26 heavy (non-hydrogen) atoms. The molecule has 0 unspecified atom stereocenters. The fourth-order valence-electron chi connectivity index (χ4n) is 4.78. The third-order valence-electron chi connectivity index (χ3n) is 6.66. The van der Waals surface area contributed by atoms with Gasteiger partial charge in [0.1, 0.15) is 11.4 Å². The summed E-state index contributed by atoms with van der Waals surface area (Å²) in [5.41, 5.74) is 1.16. The number of ether oxygens (including phenoxy) is 1. The highest BCUT2D eigenvalue weighted by Crippen LogP contribution is 2.47. The molecule has 4 aliphatic rings. The summed E-state index contributed by atoms with van der Waals surface area (Å²) in [5, 5.41) is 3.17. The van der Waals surface area contributed by atoms with E-state index < -0.39 is 0 Å². The van der Waals surface area contributed by atoms with Crippen LogP contribution in [0.4, 0.5) is 0 Å². The fraction of sp³-hybridized carbons (Fsp3) is 0.682. The summed E-state index contributed by atoms with van der Waals surface area (Å²) in [4.78, 5) is 15.1. The van der Waals surface area contributed by atoms with Crippen molar-refractivity contribution >= 4 is 5.91 Å². The van der Waals surface area contributed by atoms with E-state index in [0.29, 0.717) is 12.5 Å². The van der Waals surface area contributed by atoms with Crippen LogP contribution < -0.4 is 10.1 Å². The van der Waals surface area contributed by atoms with Gasteiger partial charge in [0.05, 0.1) is 0 Å². The van der Waals surface area contributed by atoms with Crippen molar-refractivity contribution in [3.63, 3.8) is 0 Å². The van der Waals surface area contributed by atoms with Gasteiger partial charge >= 0.3 is 0 Å². The van der Waals surface area contributed by atoms with Gasteiger partial charge in [0, 0.05) is 38.0 Å². The normalized spacial score (nSPS) is 27.6. The Morgan fingerprint density at radius 1 is 1.15 bits per heavy atom. The lowest BCUT2D eigenvalue weighted by Gasteiger charge is -2.47. The molecule has 1 atom stereocenters. The minimum Gasteiger partial charge on any atom is -0.487 e. The van der Waals surface area contributed by atoms with Crippen LogP contribution in [-0.2, 0) is 4.79 Å². The predicted molar refractivity (Wildman–Crippen MR) is 101 cm³/mol. The Bertz CT molecular complexity index is 672. The molecule has 0 bridgehead atoms. The lowest BCUT2D eigenvalue weighted by molar-refractivity contribution is -0.122. The number of carbonyl (C=O) groups is 1. The molecule has 2 heterocycles. The number of para-hydroxylation sites is 1. The van der Waals surface area contributed by atoms with Gasteiger partial charge in [0.15, 0.2) is 0 Å². The van der Waals surface area contributed by atoms with Gasteiger partial charge in [0.2, 0.25) is 5.91 Å². The summed E-state index contributed by atoms with van der Waals surface area (Å²) in [6.45, 7) is 3.55. The molecule has 4 heteroatoms. The molecule has 1 spiro atoms. The van der Waals surface area contributed by atoms with E-state index in [1.807, 2.05) is 0 Å². The minimum absolute atomic E-state index is 0.0705. The average Bonchev–Trinajstić information content (AvgIpc) is 3.54. The molecule has 140 valence electrons. The Morgan fingerprint density at radius 3 is 2.65 bits per heavy atom. The van der Waals surface area contributed by atoms with Crippen LogP contribution in [0.3, 0.4) is 0 Å². The number of hydrogen-bond acceptors (Lipinski definition) is 3. The molecule has 3 fully saturated rings. The van der Waals surface area contributed by atoms with Gasteiger partial charge in [-0.25, -0.2) is 0 Å². The molecule has 2 aliphatic carbocycles. The number of fused-ring (bicyclic) bond motifs is 1. The third kappa shape index (κ3) is 3.62. The third-order valence-corrected chi connectivity index (χ3v) is 6.66. The van der Waals surface area contributed by atoms with E-state index in [4.69, 9.17) is 4.74 Å². The van der Waals surface area contributed by atoms with Crippen molar-refractivity contribution in [2.75, 3.05) is 19.6 Å². The van der Waals surface area contributed by atoms with E-state index in [1.54, 1.807) is 0 Å². The van der Waals surface area contributed by atoms with Crippen molar-refractivity contribution in [2.45, 2.75) is 68.9 Å². The Balaban J connectivity index is 1.29. The molecule has 2 aliphatic heterocycles. The molecule has 0 aromatic heterocycles. The first-order valence-corrected chi connectivity index (χ1v) is 10.5. The molecule has 0 radical (unpaired) electrons. The van der Waals surface area contributed by atoms with Crippen LogP contribution in [0.5, 0.6) is 5.75 Å². The quantitative estimate of drug-likeness (QED) is 0.880. The number of carbonyl (C=O) groups excluding carboxylic acids is 1. The maximum atomic E-state index is 12.5. The topological polar surface area (TPSA) is 41.6 Å². The summed E-state index contributed by atoms with van der Waals surface area (Å²) < 4.78 is 6.58. The monoisotopic (exact) mass is 354 g/mol. The fourth-order valence-corrected chi connectivity index (χ4v) is 4.78. The smallest absolute Gasteiger partial charge is 0.220 e. The molecule has 1 aromatic carbocycles. The lowest BCUT2D eigenvalue weighted by Crippen LogP contribution is -2.51. The SMILES string of the molecule is O=C(C[C@H]1CC2(CCN(CC3CC3)CC2)Oc2ccccc21)NC1CC1. The number of rotatable bonds is 5. The van der Waals surface area contributed by atoms with Crippen molar-refractivity contribution < 1.29 is 9.53 Å². The second kappa shape index (κ2) is 6.56. The molecule has 4 nitrogen and oxygen atoms in total. The van der Waals surface area contributed by atoms with Gasteiger partial charge in [0.25, 0.3) is 0 Å². The maximum absolute atomic E-state index is 12.5. The zero-order valence-corrected chi connectivity index (χ0v) is 15.6. The first kappa shape index (κ1) is 16.6. The zero-order valence-electron chi connectivity index (χ0n) is 15.6. The van der Waals surface area contributed by atoms with Gasteiger partial charge in [-0.1, -0.05) is 18.2 Å². The highest BCUT2D eigenvalue weighted by molar-refractivity contribution is 5.77. The zero-order chi connectivity index (χ0) is 17.6. The van der Waals surface area contributed by atoms with Crippen molar-refractivity contribution in [3.05, 3.63) is 29.8 Å². The van der Waals surface area contributed by atoms with Gasteiger partial charge in [-0.2, -0.15) is 0 Å². The van der Waals surface area contributed by atoms with E-state index in [0.717, 1.165) is 56.9 Å². The van der Waals surface area contributed by atoms with Gasteiger partial charge in [-0.05, 0) is 62.5 Å². The number of hydrogen-bond donors (Lipinski definition) is 1. The number of nitrogens with zero attached hydrogens (tertiary/aromatic N) is 1. The average molecular weight is 354 g/mol. The number of amides is 1. The summed E-state index contributed by atoms with van der Waals surface area (Å²) in [6.07, 6.45) is 8.91. The van der Waals surface area contributed by atoms with Crippen LogP contribution in [0.15, 0.2) is 24.3 Å². The van der Waals surface area contributed by atoms with Crippen LogP contribution in [0, 0.1) is 5.92 Å². The van der Waals surface area contributed by atoms with E-state index in [2.05, 4.69) is 34.5 Å². The molecule has 1 N–H and O–H groups in total. The van der Waals surface area contributed by atoms with E-state index in [9.17, 15) is 4.79 Å². The van der Waals surface area contributed by atoms with Gasteiger partial charge < -0.3 is 15.0 Å². The molecule has 1 aromatic rings. The molecule has 1 amide bonds. The second-order valence-corrected chi connectivity index (χ2v) is 9.01. The lowest BCUT2D eigenvalue weighted by atomic mass is 9.76. The minimum atomic E-state index is -0.0705. The molecular weight excluding hydrogens is 324 g/mol. The van der Waals surface area contributed by atoms with E-state index >= 15 is 0 Å². The Kier molecular flexibility index (Phi) is 4.19. The maximum Gasteiger partial charge on any atom is 0.220 e. The number of benzene rings is 1. The molecule has 2 saturated carbocycles. The van der Waals surface area contributed by atoms with Gasteiger partial charge in [-0.15, -0.1) is 0 Å². The van der Waals surface area contributed by atoms with Crippen LogP contribution in [0.1, 0.15) is 62.8 Å². The summed E-state index contributed by atoms with van der Waals surface area (Å²) >= 11 is 0. The van der Waals surface area contributed by atoms with E-state index in [-0.39, 0.29) is 17.4 Å². The summed E-state index contributed by atoms with van der Waals surface area (Å²) in [7, 11) is 0. The second-order valence-electron chi connectivity index (χ2n) is 9.01. The first-order chi connectivity index (χ1) is 12.7. The Hall–Kier alpha value is -1.55. The molecular formula is C22H30N2O2. The van der Waals surface area contributed by atoms with Crippen molar-refractivity contribution in [1.29, 1.82) is 0 Å². The predicted octanol–water partition coefficient (Wildman–Crippen LogP) is 3.47. The summed E-state index contributed by atoms with van der Waals surface area (Å²) in [5.74, 6) is 2.47. The van der Waals surface area contributed by atoms with Crippen molar-refractivity contribution in [1.82, 2.24) is 10.2 Å². The van der Waals surface area contributed by atoms with E-state index in [1.165, 1.54) is 24.9 Å². The van der Waals surface area contributed by atoms with Crippen molar-refractivity contribution in [3.8, 4) is 5.75 Å². The van der Waals surface area contributed by atoms with Gasteiger partial charge in [-0.3, -0.25) is 4.79 Å². The Morgan fingerprint density at radius 2 is 1.92 bits per heavy atom. The number of piperidine rings is 1. The van der Waals surface area contributed by atoms with Crippen LogP contribution in [0.25, 0.3) is 0 Å². The number of likely N-dealkylation sites (tertiary alicyclic amines) is 1.